The van der Waals surface area contributed by atoms with Gasteiger partial charge in [0, 0.05) is 6.54 Å². The minimum Gasteiger partial charge on any atom is -0.460 e. The summed E-state index contributed by atoms with van der Waals surface area (Å²) in [5.74, 6) is 0.920. The fourth-order valence-corrected chi connectivity index (χ4v) is 1.92. The lowest BCUT2D eigenvalue weighted by molar-refractivity contribution is 0.0954. The van der Waals surface area contributed by atoms with E-state index in [4.69, 9.17) is 14.7 Å². The topological polar surface area (TPSA) is 94.3 Å². The van der Waals surface area contributed by atoms with Crippen molar-refractivity contribution < 1.29 is 13.7 Å². The Kier molecular flexibility index (Phi) is 4.45. The van der Waals surface area contributed by atoms with E-state index in [0.29, 0.717) is 18.0 Å². The Balaban J connectivity index is 2.15. The summed E-state index contributed by atoms with van der Waals surface area (Å²) in [6.45, 7) is 4.53. The van der Waals surface area contributed by atoms with Crippen LogP contribution in [0.25, 0.3) is 11.5 Å². The SMILES string of the molecule is CCCCCNC(=O)c1c(-c2ccc(C)o2)noc1N. The van der Waals surface area contributed by atoms with Crippen LogP contribution in [0.4, 0.5) is 5.88 Å². The molecule has 0 aliphatic heterocycles. The van der Waals surface area contributed by atoms with Gasteiger partial charge in [-0.25, -0.2) is 0 Å². The van der Waals surface area contributed by atoms with Crippen LogP contribution in [-0.2, 0) is 0 Å². The van der Waals surface area contributed by atoms with Gasteiger partial charge in [-0.05, 0) is 25.5 Å². The van der Waals surface area contributed by atoms with Gasteiger partial charge < -0.3 is 20.0 Å². The number of carbonyl (C=O) groups is 1. The lowest BCUT2D eigenvalue weighted by Crippen LogP contribution is -2.25. The van der Waals surface area contributed by atoms with Gasteiger partial charge in [-0.3, -0.25) is 4.79 Å². The highest BCUT2D eigenvalue weighted by Gasteiger charge is 2.24. The summed E-state index contributed by atoms with van der Waals surface area (Å²) >= 11 is 0. The number of rotatable bonds is 6. The summed E-state index contributed by atoms with van der Waals surface area (Å²) in [4.78, 5) is 12.2. The van der Waals surface area contributed by atoms with E-state index in [0.717, 1.165) is 25.0 Å². The number of furan rings is 1. The van der Waals surface area contributed by atoms with Crippen LogP contribution in [0.15, 0.2) is 21.1 Å². The Hall–Kier alpha value is -2.24. The lowest BCUT2D eigenvalue weighted by atomic mass is 10.1. The van der Waals surface area contributed by atoms with E-state index in [1.54, 1.807) is 12.1 Å². The van der Waals surface area contributed by atoms with Crippen molar-refractivity contribution in [3.63, 3.8) is 0 Å². The Morgan fingerprint density at radius 1 is 1.40 bits per heavy atom. The smallest absolute Gasteiger partial charge is 0.259 e. The highest BCUT2D eigenvalue weighted by atomic mass is 16.5. The molecule has 1 amide bonds. The van der Waals surface area contributed by atoms with Crippen LogP contribution in [0.5, 0.6) is 0 Å². The second kappa shape index (κ2) is 6.27. The molecule has 6 nitrogen and oxygen atoms in total. The number of hydrogen-bond acceptors (Lipinski definition) is 5. The largest absolute Gasteiger partial charge is 0.460 e. The van der Waals surface area contributed by atoms with E-state index in [9.17, 15) is 4.79 Å². The van der Waals surface area contributed by atoms with Crippen LogP contribution < -0.4 is 11.1 Å². The zero-order chi connectivity index (χ0) is 14.5. The molecule has 2 rings (SSSR count). The number of nitrogens with zero attached hydrogens (tertiary/aromatic N) is 1. The van der Waals surface area contributed by atoms with E-state index >= 15 is 0 Å². The van der Waals surface area contributed by atoms with Gasteiger partial charge >= 0.3 is 0 Å². The molecular formula is C14H19N3O3. The summed E-state index contributed by atoms with van der Waals surface area (Å²) in [7, 11) is 0. The second-order valence-corrected chi connectivity index (χ2v) is 4.64. The van der Waals surface area contributed by atoms with E-state index in [2.05, 4.69) is 17.4 Å². The second-order valence-electron chi connectivity index (χ2n) is 4.64. The molecule has 0 aliphatic rings. The van der Waals surface area contributed by atoms with Crippen LogP contribution in [0.1, 0.15) is 42.3 Å². The molecule has 0 aromatic carbocycles. The molecule has 3 N–H and O–H groups in total. The van der Waals surface area contributed by atoms with Crippen LogP contribution >= 0.6 is 0 Å². The number of anilines is 1. The first kappa shape index (κ1) is 14.2. The first-order chi connectivity index (χ1) is 9.63. The molecule has 0 spiro atoms. The number of unbranched alkanes of at least 4 members (excludes halogenated alkanes) is 2. The van der Waals surface area contributed by atoms with Gasteiger partial charge in [-0.15, -0.1) is 0 Å². The van der Waals surface area contributed by atoms with Crippen molar-refractivity contribution in [1.29, 1.82) is 0 Å². The van der Waals surface area contributed by atoms with Crippen molar-refractivity contribution in [3.05, 3.63) is 23.5 Å². The molecule has 108 valence electrons. The molecule has 0 saturated carbocycles. The van der Waals surface area contributed by atoms with Gasteiger partial charge in [0.2, 0.25) is 5.88 Å². The minimum atomic E-state index is -0.288. The zero-order valence-corrected chi connectivity index (χ0v) is 11.7. The summed E-state index contributed by atoms with van der Waals surface area (Å²) in [5.41, 5.74) is 6.25. The lowest BCUT2D eigenvalue weighted by Gasteiger charge is -2.04. The third kappa shape index (κ3) is 3.01. The number of hydrogen-bond donors (Lipinski definition) is 2. The fraction of sp³-hybridized carbons (Fsp3) is 0.429. The highest BCUT2D eigenvalue weighted by molar-refractivity contribution is 6.03. The molecule has 2 aromatic heterocycles. The number of carbonyl (C=O) groups excluding carboxylic acids is 1. The molecule has 0 bridgehead atoms. The maximum absolute atomic E-state index is 12.2. The first-order valence-corrected chi connectivity index (χ1v) is 6.73. The maximum atomic E-state index is 12.2. The Bertz CT molecular complexity index is 586. The molecule has 6 heteroatoms. The summed E-state index contributed by atoms with van der Waals surface area (Å²) in [6.07, 6.45) is 3.11. The van der Waals surface area contributed by atoms with Crippen LogP contribution in [0.3, 0.4) is 0 Å². The molecule has 2 heterocycles. The number of aromatic nitrogens is 1. The van der Waals surface area contributed by atoms with Crippen LogP contribution in [0.2, 0.25) is 0 Å². The van der Waals surface area contributed by atoms with Gasteiger partial charge in [0.15, 0.2) is 11.5 Å². The van der Waals surface area contributed by atoms with E-state index in [1.807, 2.05) is 6.92 Å². The third-order valence-electron chi connectivity index (χ3n) is 2.99. The van der Waals surface area contributed by atoms with Gasteiger partial charge in [0.25, 0.3) is 5.91 Å². The Morgan fingerprint density at radius 3 is 2.85 bits per heavy atom. The molecule has 0 unspecified atom stereocenters. The van der Waals surface area contributed by atoms with Gasteiger partial charge in [-0.1, -0.05) is 24.9 Å². The average Bonchev–Trinajstić information content (AvgIpc) is 3.00. The highest BCUT2D eigenvalue weighted by Crippen LogP contribution is 2.28. The molecule has 0 saturated heterocycles. The number of nitrogens with one attached hydrogen (secondary N) is 1. The van der Waals surface area contributed by atoms with E-state index in [-0.39, 0.29) is 17.4 Å². The molecule has 0 aliphatic carbocycles. The predicted octanol–water partition coefficient (Wildman–Crippen LogP) is 2.75. The first-order valence-electron chi connectivity index (χ1n) is 6.73. The summed E-state index contributed by atoms with van der Waals surface area (Å²) in [6, 6.07) is 3.53. The third-order valence-corrected chi connectivity index (χ3v) is 2.99. The van der Waals surface area contributed by atoms with Crippen molar-refractivity contribution in [2.24, 2.45) is 0 Å². The normalized spacial score (nSPS) is 10.7. The molecular weight excluding hydrogens is 258 g/mol. The van der Waals surface area contributed by atoms with Crippen molar-refractivity contribution in [3.8, 4) is 11.5 Å². The molecule has 2 aromatic rings. The number of nitrogen functional groups attached to an aromatic ring is 1. The van der Waals surface area contributed by atoms with Gasteiger partial charge in [0.1, 0.15) is 11.3 Å². The number of nitrogens with two attached hydrogens (primary N) is 1. The van der Waals surface area contributed by atoms with Crippen LogP contribution in [-0.4, -0.2) is 17.6 Å². The van der Waals surface area contributed by atoms with Crippen LogP contribution in [0, 0.1) is 6.92 Å². The summed E-state index contributed by atoms with van der Waals surface area (Å²) < 4.78 is 10.4. The predicted molar refractivity (Wildman–Crippen MR) is 75.2 cm³/mol. The quantitative estimate of drug-likeness (QED) is 0.792. The minimum absolute atomic E-state index is 0.00189. The van der Waals surface area contributed by atoms with E-state index < -0.39 is 0 Å². The molecule has 0 atom stereocenters. The average molecular weight is 277 g/mol. The van der Waals surface area contributed by atoms with E-state index in [1.165, 1.54) is 0 Å². The van der Waals surface area contributed by atoms with Gasteiger partial charge in [0.05, 0.1) is 0 Å². The maximum Gasteiger partial charge on any atom is 0.259 e. The van der Waals surface area contributed by atoms with Crippen molar-refractivity contribution in [1.82, 2.24) is 10.5 Å². The van der Waals surface area contributed by atoms with Gasteiger partial charge in [-0.2, -0.15) is 0 Å². The standard InChI is InChI=1S/C14H19N3O3/c1-3-4-5-8-16-14(18)11-12(17-20-13(11)15)10-7-6-9(2)19-10/h6-7H,3-5,8,15H2,1-2H3,(H,16,18). The Labute approximate surface area is 117 Å². The Morgan fingerprint density at radius 2 is 2.20 bits per heavy atom. The fourth-order valence-electron chi connectivity index (χ4n) is 1.92. The number of amides is 1. The monoisotopic (exact) mass is 277 g/mol. The molecule has 0 radical (unpaired) electrons. The molecule has 20 heavy (non-hydrogen) atoms. The zero-order valence-electron chi connectivity index (χ0n) is 11.7. The van der Waals surface area contributed by atoms with Crippen molar-refractivity contribution >= 4 is 11.8 Å². The van der Waals surface area contributed by atoms with Crippen molar-refractivity contribution in [2.75, 3.05) is 12.3 Å². The summed E-state index contributed by atoms with van der Waals surface area (Å²) in [5, 5.41) is 6.63. The molecule has 0 fully saturated rings. The number of aryl methyl sites for hydroxylation is 1. The van der Waals surface area contributed by atoms with Crippen molar-refractivity contribution in [2.45, 2.75) is 33.1 Å².